The third-order valence-electron chi connectivity index (χ3n) is 3.54. The quantitative estimate of drug-likeness (QED) is 0.856. The number of hydrogen-bond acceptors (Lipinski definition) is 4. The molecule has 0 radical (unpaired) electrons. The molecule has 0 bridgehead atoms. The van der Waals surface area contributed by atoms with Gasteiger partial charge in [0.15, 0.2) is 0 Å². The van der Waals surface area contributed by atoms with E-state index in [-0.39, 0.29) is 0 Å². The molecule has 4 heteroatoms. The Morgan fingerprint density at radius 1 is 1.39 bits per heavy atom. The van der Waals surface area contributed by atoms with Crippen LogP contribution < -0.4 is 5.32 Å². The average Bonchev–Trinajstić information content (AvgIpc) is 2.93. The topological polar surface area (TPSA) is 12.0 Å². The number of rotatable bonds is 6. The molecule has 0 saturated carbocycles. The summed E-state index contributed by atoms with van der Waals surface area (Å²) in [4.78, 5) is 1.52. The van der Waals surface area contributed by atoms with E-state index in [1.54, 1.807) is 0 Å². The summed E-state index contributed by atoms with van der Waals surface area (Å²) in [5, 5.41) is 7.38. The average molecular weight is 302 g/mol. The van der Waals surface area contributed by atoms with Crippen molar-refractivity contribution in [2.24, 2.45) is 0 Å². The van der Waals surface area contributed by atoms with E-state index in [2.05, 4.69) is 60.3 Å². The van der Waals surface area contributed by atoms with Crippen molar-refractivity contribution < 1.29 is 0 Å². The van der Waals surface area contributed by atoms with Gasteiger partial charge in [-0.05, 0) is 37.8 Å². The van der Waals surface area contributed by atoms with E-state index in [1.807, 2.05) is 11.3 Å². The first-order valence-corrected chi connectivity index (χ1v) is 9.75. The number of thioether (sulfide) groups is 2. The minimum atomic E-state index is 0.662. The van der Waals surface area contributed by atoms with Gasteiger partial charge in [-0.25, -0.2) is 0 Å². The van der Waals surface area contributed by atoms with Crippen LogP contribution in [0.4, 0.5) is 0 Å². The van der Waals surface area contributed by atoms with E-state index < -0.39 is 0 Å². The Morgan fingerprint density at radius 3 is 2.89 bits per heavy atom. The van der Waals surface area contributed by atoms with E-state index in [4.69, 9.17) is 0 Å². The Kier molecular flexibility index (Phi) is 6.42. The maximum absolute atomic E-state index is 3.57. The van der Waals surface area contributed by atoms with Crippen molar-refractivity contribution in [2.45, 2.75) is 42.7 Å². The summed E-state index contributed by atoms with van der Waals surface area (Å²) in [5.74, 6) is 2.66. The molecule has 2 heterocycles. The Bertz CT molecular complexity index is 326. The highest BCUT2D eigenvalue weighted by molar-refractivity contribution is 8.07. The van der Waals surface area contributed by atoms with Gasteiger partial charge in [-0.1, -0.05) is 13.0 Å². The lowest BCUT2D eigenvalue weighted by molar-refractivity contribution is 0.490. The molecule has 1 N–H and O–H groups in total. The molecule has 18 heavy (non-hydrogen) atoms. The third kappa shape index (κ3) is 3.92. The van der Waals surface area contributed by atoms with Crippen molar-refractivity contribution in [2.75, 3.05) is 18.6 Å². The third-order valence-corrected chi connectivity index (χ3v) is 7.89. The maximum Gasteiger partial charge on any atom is 0.0320 e. The second kappa shape index (κ2) is 7.83. The monoisotopic (exact) mass is 301 g/mol. The van der Waals surface area contributed by atoms with Crippen LogP contribution >= 0.6 is 34.9 Å². The molecule has 1 aliphatic heterocycles. The summed E-state index contributed by atoms with van der Waals surface area (Å²) >= 11 is 6.25. The van der Waals surface area contributed by atoms with E-state index in [1.165, 1.54) is 35.6 Å². The van der Waals surface area contributed by atoms with Gasteiger partial charge in [-0.2, -0.15) is 23.5 Å². The minimum Gasteiger partial charge on any atom is -0.316 e. The van der Waals surface area contributed by atoms with Crippen molar-refractivity contribution >= 4 is 34.9 Å². The molecule has 3 atom stereocenters. The van der Waals surface area contributed by atoms with E-state index in [0.717, 1.165) is 10.5 Å². The second-order valence-corrected chi connectivity index (χ2v) is 8.33. The summed E-state index contributed by atoms with van der Waals surface area (Å²) in [7, 11) is 2.13. The number of nitrogens with one attached hydrogen (secondary N) is 1. The second-order valence-electron chi connectivity index (χ2n) is 4.67. The van der Waals surface area contributed by atoms with Crippen LogP contribution in [0.15, 0.2) is 17.5 Å². The molecule has 1 aliphatic rings. The zero-order valence-electron chi connectivity index (χ0n) is 11.2. The first-order chi connectivity index (χ1) is 8.85. The smallest absolute Gasteiger partial charge is 0.0320 e. The Hall–Kier alpha value is 0.360. The Balaban J connectivity index is 1.89. The van der Waals surface area contributed by atoms with E-state index >= 15 is 0 Å². The summed E-state index contributed by atoms with van der Waals surface area (Å²) in [6, 6.07) is 5.08. The highest BCUT2D eigenvalue weighted by atomic mass is 32.2. The van der Waals surface area contributed by atoms with Crippen molar-refractivity contribution in [1.82, 2.24) is 5.32 Å². The lowest BCUT2D eigenvalue weighted by Gasteiger charge is -2.35. The molecule has 1 nitrogen and oxygen atoms in total. The molecule has 0 aliphatic carbocycles. The van der Waals surface area contributed by atoms with Crippen LogP contribution in [0.5, 0.6) is 0 Å². The molecule has 2 rings (SSSR count). The van der Waals surface area contributed by atoms with Crippen LogP contribution in [0.25, 0.3) is 0 Å². The van der Waals surface area contributed by atoms with Gasteiger partial charge in [0.1, 0.15) is 0 Å². The van der Waals surface area contributed by atoms with Crippen LogP contribution in [0, 0.1) is 0 Å². The van der Waals surface area contributed by atoms with Gasteiger partial charge in [0.2, 0.25) is 0 Å². The van der Waals surface area contributed by atoms with Crippen molar-refractivity contribution in [3.63, 3.8) is 0 Å². The molecule has 102 valence electrons. The lowest BCUT2D eigenvalue weighted by Crippen LogP contribution is -2.43. The van der Waals surface area contributed by atoms with Crippen molar-refractivity contribution in [3.8, 4) is 0 Å². The summed E-state index contributed by atoms with van der Waals surface area (Å²) < 4.78 is 0. The number of thiophene rings is 1. The van der Waals surface area contributed by atoms with E-state index in [9.17, 15) is 0 Å². The molecule has 0 aromatic carbocycles. The summed E-state index contributed by atoms with van der Waals surface area (Å²) in [5.41, 5.74) is 0. The van der Waals surface area contributed by atoms with Crippen LogP contribution in [0.2, 0.25) is 0 Å². The van der Waals surface area contributed by atoms with Gasteiger partial charge in [0.25, 0.3) is 0 Å². The van der Waals surface area contributed by atoms with Gasteiger partial charge in [-0.15, -0.1) is 11.3 Å². The van der Waals surface area contributed by atoms with Gasteiger partial charge in [0, 0.05) is 32.9 Å². The normalized spacial score (nSPS) is 26.1. The first kappa shape index (κ1) is 14.8. The fourth-order valence-electron chi connectivity index (χ4n) is 2.54. The Morgan fingerprint density at radius 2 is 2.22 bits per heavy atom. The SMILES string of the molecule is CCC1SCCSC1C(CCc1cccs1)NC. The number of aryl methyl sites for hydroxylation is 1. The standard InChI is InChI=1S/C14H23NS3/c1-3-13-14(18-10-9-17-13)12(15-2)7-6-11-5-4-8-16-11/h4-5,8,12-15H,3,6-7,9-10H2,1-2H3. The first-order valence-electron chi connectivity index (χ1n) is 6.78. The molecular formula is C14H23NS3. The van der Waals surface area contributed by atoms with Gasteiger partial charge >= 0.3 is 0 Å². The Labute approximate surface area is 124 Å². The lowest BCUT2D eigenvalue weighted by atomic mass is 10.0. The van der Waals surface area contributed by atoms with Crippen LogP contribution in [0.3, 0.4) is 0 Å². The molecule has 1 saturated heterocycles. The minimum absolute atomic E-state index is 0.662. The summed E-state index contributed by atoms with van der Waals surface area (Å²) in [6.07, 6.45) is 3.80. The predicted octanol–water partition coefficient (Wildman–Crippen LogP) is 3.90. The molecule has 1 aromatic rings. The van der Waals surface area contributed by atoms with E-state index in [0.29, 0.717) is 6.04 Å². The fraction of sp³-hybridized carbons (Fsp3) is 0.714. The molecule has 0 amide bonds. The van der Waals surface area contributed by atoms with Gasteiger partial charge in [-0.3, -0.25) is 0 Å². The molecule has 1 aromatic heterocycles. The van der Waals surface area contributed by atoms with Crippen LogP contribution in [-0.4, -0.2) is 35.1 Å². The highest BCUT2D eigenvalue weighted by Crippen LogP contribution is 2.36. The van der Waals surface area contributed by atoms with Gasteiger partial charge in [0.05, 0.1) is 0 Å². The zero-order chi connectivity index (χ0) is 12.8. The van der Waals surface area contributed by atoms with Crippen molar-refractivity contribution in [1.29, 1.82) is 0 Å². The highest BCUT2D eigenvalue weighted by Gasteiger charge is 2.30. The fourth-order valence-corrected chi connectivity index (χ4v) is 6.60. The van der Waals surface area contributed by atoms with Crippen molar-refractivity contribution in [3.05, 3.63) is 22.4 Å². The van der Waals surface area contributed by atoms with Crippen LogP contribution in [0.1, 0.15) is 24.6 Å². The molecule has 3 unspecified atom stereocenters. The van der Waals surface area contributed by atoms with Gasteiger partial charge < -0.3 is 5.32 Å². The van der Waals surface area contributed by atoms with Crippen LogP contribution in [-0.2, 0) is 6.42 Å². The maximum atomic E-state index is 3.57. The molecule has 0 spiro atoms. The summed E-state index contributed by atoms with van der Waals surface area (Å²) in [6.45, 7) is 2.34. The number of hydrogen-bond donors (Lipinski definition) is 1. The largest absolute Gasteiger partial charge is 0.316 e. The zero-order valence-corrected chi connectivity index (χ0v) is 13.7. The molecular weight excluding hydrogens is 278 g/mol. The molecule has 1 fully saturated rings. The predicted molar refractivity (Wildman–Crippen MR) is 88.3 cm³/mol.